The molecule has 2 heterocycles. The summed E-state index contributed by atoms with van der Waals surface area (Å²) in [4.78, 5) is 13.6. The second kappa shape index (κ2) is 8.97. The maximum atomic E-state index is 14.5. The zero-order valence-electron chi connectivity index (χ0n) is 17.3. The second-order valence-corrected chi connectivity index (χ2v) is 8.21. The fourth-order valence-electron chi connectivity index (χ4n) is 4.17. The molecule has 1 amide bonds. The van der Waals surface area contributed by atoms with Gasteiger partial charge in [0.05, 0.1) is 12.1 Å². The van der Waals surface area contributed by atoms with Gasteiger partial charge in [0, 0.05) is 44.5 Å². The normalized spacial score (nSPS) is 19.4. The summed E-state index contributed by atoms with van der Waals surface area (Å²) >= 11 is 0. The number of hydrogen-bond acceptors (Lipinski definition) is 4. The summed E-state index contributed by atoms with van der Waals surface area (Å²) in [6.07, 6.45) is -3.62. The van der Waals surface area contributed by atoms with Gasteiger partial charge in [-0.15, -0.1) is 0 Å². The molecule has 1 N–H and O–H groups in total. The first-order valence-electron chi connectivity index (χ1n) is 10.5. The lowest BCUT2D eigenvalue weighted by Crippen LogP contribution is -2.47. The molecule has 5 nitrogen and oxygen atoms in total. The van der Waals surface area contributed by atoms with E-state index in [2.05, 4.69) is 10.2 Å². The highest BCUT2D eigenvalue weighted by molar-refractivity contribution is 5.70. The van der Waals surface area contributed by atoms with Crippen LogP contribution in [0.15, 0.2) is 48.5 Å². The molecule has 32 heavy (non-hydrogen) atoms. The lowest BCUT2D eigenvalue weighted by molar-refractivity contribution is -0.137. The fraction of sp³-hybridized carbons (Fsp3) is 0.435. The van der Waals surface area contributed by atoms with Crippen LogP contribution in [0.3, 0.4) is 0 Å². The maximum absolute atomic E-state index is 14.5. The van der Waals surface area contributed by atoms with E-state index < -0.39 is 29.3 Å². The predicted molar refractivity (Wildman–Crippen MR) is 109 cm³/mol. The van der Waals surface area contributed by atoms with Gasteiger partial charge < -0.3 is 19.7 Å². The molecule has 0 radical (unpaired) electrons. The first-order valence-corrected chi connectivity index (χ1v) is 10.5. The van der Waals surface area contributed by atoms with Crippen LogP contribution in [0, 0.1) is 5.82 Å². The SMILES string of the molecule is O=C1NCC2(CCN(CCC(Oc3ccc(C(F)(F)F)cc3)c3ccccc3F)CC2)O1. The molecule has 1 atom stereocenters. The number of likely N-dealkylation sites (tertiary alicyclic amines) is 1. The highest BCUT2D eigenvalue weighted by atomic mass is 19.4. The molecule has 2 aliphatic rings. The van der Waals surface area contributed by atoms with Crippen LogP contribution < -0.4 is 10.1 Å². The Hall–Kier alpha value is -2.81. The van der Waals surface area contributed by atoms with Crippen molar-refractivity contribution in [2.45, 2.75) is 37.1 Å². The van der Waals surface area contributed by atoms with Gasteiger partial charge >= 0.3 is 12.3 Å². The first kappa shape index (κ1) is 22.4. The van der Waals surface area contributed by atoms with E-state index in [1.54, 1.807) is 18.2 Å². The van der Waals surface area contributed by atoms with Gasteiger partial charge in [0.15, 0.2) is 0 Å². The third kappa shape index (κ3) is 5.15. The summed E-state index contributed by atoms with van der Waals surface area (Å²) < 4.78 is 64.3. The number of benzene rings is 2. The van der Waals surface area contributed by atoms with E-state index in [9.17, 15) is 22.4 Å². The van der Waals surface area contributed by atoms with Crippen molar-refractivity contribution < 1.29 is 31.8 Å². The van der Waals surface area contributed by atoms with Crippen LogP contribution in [0.5, 0.6) is 5.75 Å². The molecule has 2 aromatic carbocycles. The first-order chi connectivity index (χ1) is 15.2. The van der Waals surface area contributed by atoms with Crippen molar-refractivity contribution in [1.82, 2.24) is 10.2 Å². The molecule has 2 saturated heterocycles. The minimum atomic E-state index is -4.43. The van der Waals surface area contributed by atoms with Gasteiger partial charge in [-0.2, -0.15) is 13.2 Å². The lowest BCUT2D eigenvalue weighted by Gasteiger charge is -2.37. The third-order valence-electron chi connectivity index (χ3n) is 6.05. The Labute approximate surface area is 183 Å². The van der Waals surface area contributed by atoms with Gasteiger partial charge in [-0.1, -0.05) is 18.2 Å². The zero-order chi connectivity index (χ0) is 22.8. The number of alkyl halides is 3. The molecule has 2 fully saturated rings. The average molecular weight is 452 g/mol. The van der Waals surface area contributed by atoms with E-state index in [1.807, 2.05) is 0 Å². The van der Waals surface area contributed by atoms with Gasteiger partial charge in [0.25, 0.3) is 0 Å². The largest absolute Gasteiger partial charge is 0.486 e. The molecular formula is C23H24F4N2O3. The summed E-state index contributed by atoms with van der Waals surface area (Å²) in [6.45, 7) is 2.56. The Morgan fingerprint density at radius 2 is 1.78 bits per heavy atom. The van der Waals surface area contributed by atoms with Crippen molar-refractivity contribution in [3.63, 3.8) is 0 Å². The number of rotatable bonds is 6. The Morgan fingerprint density at radius 3 is 2.38 bits per heavy atom. The molecule has 9 heteroatoms. The molecule has 2 aliphatic heterocycles. The molecule has 0 saturated carbocycles. The molecule has 0 bridgehead atoms. The van der Waals surface area contributed by atoms with Gasteiger partial charge in [-0.3, -0.25) is 0 Å². The van der Waals surface area contributed by atoms with Gasteiger partial charge in [0.1, 0.15) is 23.3 Å². The van der Waals surface area contributed by atoms with E-state index in [0.717, 1.165) is 25.2 Å². The van der Waals surface area contributed by atoms with Gasteiger partial charge in [-0.05, 0) is 30.3 Å². The van der Waals surface area contributed by atoms with Crippen LogP contribution in [-0.4, -0.2) is 42.8 Å². The molecular weight excluding hydrogens is 428 g/mol. The lowest BCUT2D eigenvalue weighted by atomic mass is 9.91. The zero-order valence-corrected chi connectivity index (χ0v) is 17.3. The van der Waals surface area contributed by atoms with Gasteiger partial charge in [0.2, 0.25) is 0 Å². The average Bonchev–Trinajstić information content (AvgIpc) is 3.12. The molecule has 1 unspecified atom stereocenters. The molecule has 0 aliphatic carbocycles. The molecule has 0 aromatic heterocycles. The minimum absolute atomic E-state index is 0.243. The number of halogens is 4. The number of alkyl carbamates (subject to hydrolysis) is 1. The summed E-state index contributed by atoms with van der Waals surface area (Å²) in [5.41, 5.74) is -0.860. The van der Waals surface area contributed by atoms with Crippen LogP contribution >= 0.6 is 0 Å². The van der Waals surface area contributed by atoms with E-state index in [0.29, 0.717) is 37.9 Å². The van der Waals surface area contributed by atoms with Crippen LogP contribution in [0.25, 0.3) is 0 Å². The van der Waals surface area contributed by atoms with E-state index in [-0.39, 0.29) is 11.8 Å². The molecule has 4 rings (SSSR count). The van der Waals surface area contributed by atoms with Crippen molar-refractivity contribution in [3.8, 4) is 5.75 Å². The van der Waals surface area contributed by atoms with E-state index >= 15 is 0 Å². The van der Waals surface area contributed by atoms with Crippen LogP contribution in [-0.2, 0) is 10.9 Å². The number of nitrogens with zero attached hydrogens (tertiary/aromatic N) is 1. The number of hydrogen-bond donors (Lipinski definition) is 1. The van der Waals surface area contributed by atoms with Crippen molar-refractivity contribution in [1.29, 1.82) is 0 Å². The molecule has 2 aromatic rings. The summed E-state index contributed by atoms with van der Waals surface area (Å²) in [5, 5.41) is 2.70. The summed E-state index contributed by atoms with van der Waals surface area (Å²) in [5.74, 6) is -0.182. The Balaban J connectivity index is 1.41. The summed E-state index contributed by atoms with van der Waals surface area (Å²) in [6, 6.07) is 10.7. The van der Waals surface area contributed by atoms with Crippen molar-refractivity contribution in [2.24, 2.45) is 0 Å². The van der Waals surface area contributed by atoms with Crippen LogP contribution in [0.2, 0.25) is 0 Å². The Morgan fingerprint density at radius 1 is 1.09 bits per heavy atom. The third-order valence-corrected chi connectivity index (χ3v) is 6.05. The Kier molecular flexibility index (Phi) is 6.28. The summed E-state index contributed by atoms with van der Waals surface area (Å²) in [7, 11) is 0. The molecule has 1 spiro atoms. The number of carbonyl (C=O) groups is 1. The monoisotopic (exact) mass is 452 g/mol. The number of amides is 1. The number of carbonyl (C=O) groups excluding carboxylic acids is 1. The van der Waals surface area contributed by atoms with Crippen molar-refractivity contribution in [3.05, 3.63) is 65.5 Å². The highest BCUT2D eigenvalue weighted by Crippen LogP contribution is 2.33. The minimum Gasteiger partial charge on any atom is -0.486 e. The van der Waals surface area contributed by atoms with Crippen molar-refractivity contribution >= 4 is 6.09 Å². The number of nitrogens with one attached hydrogen (secondary N) is 1. The fourth-order valence-corrected chi connectivity index (χ4v) is 4.17. The number of piperidine rings is 1. The quantitative estimate of drug-likeness (QED) is 0.632. The Bertz CT molecular complexity index is 941. The van der Waals surface area contributed by atoms with Crippen LogP contribution in [0.4, 0.5) is 22.4 Å². The van der Waals surface area contributed by atoms with E-state index in [4.69, 9.17) is 9.47 Å². The maximum Gasteiger partial charge on any atom is 0.416 e. The van der Waals surface area contributed by atoms with Crippen LogP contribution in [0.1, 0.15) is 36.5 Å². The van der Waals surface area contributed by atoms with Gasteiger partial charge in [-0.25, -0.2) is 9.18 Å². The van der Waals surface area contributed by atoms with Crippen molar-refractivity contribution in [2.75, 3.05) is 26.2 Å². The number of ether oxygens (including phenoxy) is 2. The second-order valence-electron chi connectivity index (χ2n) is 8.21. The smallest absolute Gasteiger partial charge is 0.416 e. The predicted octanol–water partition coefficient (Wildman–Crippen LogP) is 4.93. The topological polar surface area (TPSA) is 50.8 Å². The standard InChI is InChI=1S/C23H24F4N2O3/c24-19-4-2-1-3-18(19)20(31-17-7-5-16(6-8-17)23(25,26)27)9-12-29-13-10-22(11-14-29)15-28-21(30)32-22/h1-8,20H,9-15H2,(H,28,30). The molecule has 172 valence electrons. The van der Waals surface area contributed by atoms with E-state index in [1.165, 1.54) is 18.2 Å². The highest BCUT2D eigenvalue weighted by Gasteiger charge is 2.42.